The molecule has 0 fully saturated rings. The van der Waals surface area contributed by atoms with Crippen molar-refractivity contribution in [3.05, 3.63) is 51.9 Å². The zero-order valence-corrected chi connectivity index (χ0v) is 16.1. The molecule has 6 nitrogen and oxygen atoms in total. The van der Waals surface area contributed by atoms with E-state index in [4.69, 9.17) is 0 Å². The van der Waals surface area contributed by atoms with E-state index in [0.717, 1.165) is 53.6 Å². The van der Waals surface area contributed by atoms with E-state index in [0.29, 0.717) is 0 Å². The van der Waals surface area contributed by atoms with E-state index >= 15 is 0 Å². The maximum absolute atomic E-state index is 11.6. The van der Waals surface area contributed by atoms with Crippen LogP contribution in [0.4, 0.5) is 0 Å². The summed E-state index contributed by atoms with van der Waals surface area (Å²) < 4.78 is 24.3. The molecule has 3 heterocycles. The Morgan fingerprint density at radius 1 is 1.36 bits per heavy atom. The van der Waals surface area contributed by atoms with Crippen LogP contribution in [0.15, 0.2) is 40.2 Å². The Labute approximate surface area is 154 Å². The van der Waals surface area contributed by atoms with E-state index < -0.39 is 9.84 Å². The summed E-state index contributed by atoms with van der Waals surface area (Å²) in [6.07, 6.45) is 5.57. The van der Waals surface area contributed by atoms with Crippen molar-refractivity contribution in [2.75, 3.05) is 12.8 Å². The smallest absolute Gasteiger partial charge is 0.246 e. The number of nitrogens with zero attached hydrogens (tertiary/aromatic N) is 3. The Balaban J connectivity index is 1.57. The lowest BCUT2D eigenvalue weighted by Crippen LogP contribution is -2.31. The van der Waals surface area contributed by atoms with Gasteiger partial charge in [-0.3, -0.25) is 4.90 Å². The lowest BCUT2D eigenvalue weighted by Gasteiger charge is -2.27. The first-order chi connectivity index (χ1) is 11.9. The molecule has 1 aliphatic rings. The minimum atomic E-state index is -3.36. The molecule has 0 radical (unpaired) electrons. The van der Waals surface area contributed by atoms with E-state index in [1.165, 1.54) is 10.9 Å². The Hall–Kier alpha value is -1.77. The Morgan fingerprint density at radius 2 is 2.20 bits per heavy atom. The molecular formula is C17H17BrN4O2S. The summed E-state index contributed by atoms with van der Waals surface area (Å²) in [5.41, 5.74) is 4.21. The molecule has 25 heavy (non-hydrogen) atoms. The molecule has 1 aliphatic heterocycles. The Bertz CT molecular complexity index is 1060. The number of H-pyrrole nitrogens is 1. The van der Waals surface area contributed by atoms with Crippen molar-refractivity contribution < 1.29 is 8.42 Å². The van der Waals surface area contributed by atoms with Crippen LogP contribution >= 0.6 is 15.9 Å². The first-order valence-corrected chi connectivity index (χ1v) is 10.6. The minimum Gasteiger partial charge on any atom is -0.361 e. The molecule has 1 N–H and O–H groups in total. The largest absolute Gasteiger partial charge is 0.361 e. The van der Waals surface area contributed by atoms with Crippen molar-refractivity contribution in [2.45, 2.75) is 24.7 Å². The fourth-order valence-corrected chi connectivity index (χ4v) is 4.07. The summed E-state index contributed by atoms with van der Waals surface area (Å²) in [5, 5.41) is 1.13. The highest BCUT2D eigenvalue weighted by molar-refractivity contribution is 9.10. The van der Waals surface area contributed by atoms with Crippen LogP contribution in [0.1, 0.15) is 16.8 Å². The number of sulfone groups is 1. The first-order valence-electron chi connectivity index (χ1n) is 7.93. The molecule has 0 atom stereocenters. The highest BCUT2D eigenvalue weighted by atomic mass is 79.9. The summed E-state index contributed by atoms with van der Waals surface area (Å²) >= 11 is 3.53. The molecule has 0 saturated heterocycles. The van der Waals surface area contributed by atoms with Gasteiger partial charge in [-0.15, -0.1) is 0 Å². The number of aromatic nitrogens is 3. The molecule has 3 aromatic rings. The van der Waals surface area contributed by atoms with Crippen molar-refractivity contribution in [3.8, 4) is 0 Å². The quantitative estimate of drug-likeness (QED) is 0.658. The van der Waals surface area contributed by atoms with Gasteiger partial charge in [0.1, 0.15) is 0 Å². The average molecular weight is 421 g/mol. The van der Waals surface area contributed by atoms with Crippen LogP contribution in [-0.2, 0) is 29.3 Å². The summed E-state index contributed by atoms with van der Waals surface area (Å²) in [5.74, 6) is 0. The number of hydrogen-bond donors (Lipinski definition) is 1. The molecule has 0 spiro atoms. The molecule has 130 valence electrons. The van der Waals surface area contributed by atoms with Gasteiger partial charge >= 0.3 is 0 Å². The van der Waals surface area contributed by atoms with Gasteiger partial charge < -0.3 is 4.98 Å². The standard InChI is InChI=1S/C17H17BrN4O2S/c1-25(23,24)17-20-8-12-10-22(5-4-15(12)21-17)9-11-7-19-16-3-2-13(18)6-14(11)16/h2-3,6-8,19H,4-5,9-10H2,1H3. The van der Waals surface area contributed by atoms with Gasteiger partial charge in [0.05, 0.1) is 5.69 Å². The maximum atomic E-state index is 11.6. The van der Waals surface area contributed by atoms with Crippen molar-refractivity contribution in [1.29, 1.82) is 0 Å². The summed E-state index contributed by atoms with van der Waals surface area (Å²) in [7, 11) is -3.36. The maximum Gasteiger partial charge on any atom is 0.246 e. The highest BCUT2D eigenvalue weighted by Crippen LogP contribution is 2.26. The van der Waals surface area contributed by atoms with Crippen LogP contribution < -0.4 is 0 Å². The van der Waals surface area contributed by atoms with Crippen molar-refractivity contribution >= 4 is 36.7 Å². The molecule has 0 bridgehead atoms. The van der Waals surface area contributed by atoms with Gasteiger partial charge in [-0.25, -0.2) is 18.4 Å². The Kier molecular flexibility index (Phi) is 4.13. The van der Waals surface area contributed by atoms with Gasteiger partial charge in [0.2, 0.25) is 15.0 Å². The summed E-state index contributed by atoms with van der Waals surface area (Å²) in [4.78, 5) is 13.9. The molecule has 2 aromatic heterocycles. The van der Waals surface area contributed by atoms with Gasteiger partial charge in [0.25, 0.3) is 0 Å². The zero-order valence-electron chi connectivity index (χ0n) is 13.7. The predicted molar refractivity (Wildman–Crippen MR) is 99.0 cm³/mol. The van der Waals surface area contributed by atoms with Gasteiger partial charge in [-0.2, -0.15) is 0 Å². The predicted octanol–water partition coefficient (Wildman–Crippen LogP) is 2.68. The molecule has 4 rings (SSSR count). The summed E-state index contributed by atoms with van der Waals surface area (Å²) in [6, 6.07) is 6.21. The Morgan fingerprint density at radius 3 is 3.00 bits per heavy atom. The van der Waals surface area contributed by atoms with Crippen molar-refractivity contribution in [3.63, 3.8) is 0 Å². The molecule has 0 aliphatic carbocycles. The third kappa shape index (κ3) is 3.33. The number of hydrogen-bond acceptors (Lipinski definition) is 5. The van der Waals surface area contributed by atoms with E-state index in [1.54, 1.807) is 6.20 Å². The van der Waals surface area contributed by atoms with E-state index in [2.05, 4.69) is 54.1 Å². The average Bonchev–Trinajstić information content (AvgIpc) is 2.95. The SMILES string of the molecule is CS(=O)(=O)c1ncc2c(n1)CCN(Cc1c[nH]c3ccc(Br)cc13)C2. The number of benzene rings is 1. The second-order valence-electron chi connectivity index (χ2n) is 6.36. The van der Waals surface area contributed by atoms with Crippen LogP contribution in [0.5, 0.6) is 0 Å². The van der Waals surface area contributed by atoms with Gasteiger partial charge in [-0.05, 0) is 23.8 Å². The van der Waals surface area contributed by atoms with Crippen molar-refractivity contribution in [2.24, 2.45) is 0 Å². The fourth-order valence-electron chi connectivity index (χ4n) is 3.19. The first kappa shape index (κ1) is 16.7. The monoisotopic (exact) mass is 420 g/mol. The fraction of sp³-hybridized carbons (Fsp3) is 0.294. The topological polar surface area (TPSA) is 79.0 Å². The van der Waals surface area contributed by atoms with Gasteiger partial charge in [0, 0.05) is 65.6 Å². The van der Waals surface area contributed by atoms with Crippen LogP contribution in [0.2, 0.25) is 0 Å². The van der Waals surface area contributed by atoms with E-state index in [-0.39, 0.29) is 5.16 Å². The number of fused-ring (bicyclic) bond motifs is 2. The molecule has 1 aromatic carbocycles. The van der Waals surface area contributed by atoms with E-state index in [1.807, 2.05) is 6.07 Å². The van der Waals surface area contributed by atoms with Crippen LogP contribution in [-0.4, -0.2) is 41.1 Å². The number of rotatable bonds is 3. The second kappa shape index (κ2) is 6.19. The zero-order chi connectivity index (χ0) is 17.6. The third-order valence-electron chi connectivity index (χ3n) is 4.45. The molecular weight excluding hydrogens is 404 g/mol. The third-order valence-corrected chi connectivity index (χ3v) is 5.80. The highest BCUT2D eigenvalue weighted by Gasteiger charge is 2.21. The summed E-state index contributed by atoms with van der Waals surface area (Å²) in [6.45, 7) is 2.39. The minimum absolute atomic E-state index is 0.0822. The van der Waals surface area contributed by atoms with Crippen LogP contribution in [0.25, 0.3) is 10.9 Å². The van der Waals surface area contributed by atoms with Crippen LogP contribution in [0, 0.1) is 0 Å². The normalized spacial score (nSPS) is 15.4. The van der Waals surface area contributed by atoms with E-state index in [9.17, 15) is 8.42 Å². The molecule has 0 amide bonds. The van der Waals surface area contributed by atoms with Crippen molar-refractivity contribution in [1.82, 2.24) is 19.9 Å². The van der Waals surface area contributed by atoms with Crippen LogP contribution in [0.3, 0.4) is 0 Å². The number of halogens is 1. The molecule has 0 saturated carbocycles. The lowest BCUT2D eigenvalue weighted by atomic mass is 10.1. The van der Waals surface area contributed by atoms with Gasteiger partial charge in [-0.1, -0.05) is 15.9 Å². The van der Waals surface area contributed by atoms with Gasteiger partial charge in [0.15, 0.2) is 0 Å². The second-order valence-corrected chi connectivity index (χ2v) is 9.19. The number of aromatic amines is 1. The lowest BCUT2D eigenvalue weighted by molar-refractivity contribution is 0.243. The number of nitrogens with one attached hydrogen (secondary N) is 1. The molecule has 0 unspecified atom stereocenters. The molecule has 8 heteroatoms.